The van der Waals surface area contributed by atoms with Crippen LogP contribution in [0.15, 0.2) is 71.6 Å². The molecule has 0 saturated carbocycles. The Kier molecular flexibility index (Phi) is 6.04. The fourth-order valence-corrected chi connectivity index (χ4v) is 3.88. The van der Waals surface area contributed by atoms with Gasteiger partial charge in [0.25, 0.3) is 5.91 Å². The summed E-state index contributed by atoms with van der Waals surface area (Å²) in [6, 6.07) is 19.1. The molecule has 0 heterocycles. The highest BCUT2D eigenvalue weighted by atomic mass is 35.5. The first-order valence-electron chi connectivity index (χ1n) is 8.67. The Morgan fingerprint density at radius 1 is 0.862 bits per heavy atom. The van der Waals surface area contributed by atoms with Gasteiger partial charge < -0.3 is 0 Å². The van der Waals surface area contributed by atoms with Crippen molar-refractivity contribution in [3.05, 3.63) is 77.3 Å². The van der Waals surface area contributed by atoms with Gasteiger partial charge in [-0.2, -0.15) is 0 Å². The molecule has 3 aromatic rings. The molecule has 0 aliphatic heterocycles. The Bertz CT molecular complexity index is 1140. The summed E-state index contributed by atoms with van der Waals surface area (Å²) in [6.07, 6.45) is 0. The molecule has 3 rings (SSSR count). The lowest BCUT2D eigenvalue weighted by atomic mass is 9.96. The van der Waals surface area contributed by atoms with E-state index in [0.29, 0.717) is 10.6 Å². The van der Waals surface area contributed by atoms with Crippen LogP contribution in [0.4, 0.5) is 0 Å². The second-order valence-corrected chi connectivity index (χ2v) is 9.18. The number of halogens is 1. The van der Waals surface area contributed by atoms with E-state index < -0.39 is 15.9 Å². The molecule has 0 spiro atoms. The monoisotopic (exact) mass is 429 g/mol. The van der Waals surface area contributed by atoms with E-state index in [0.717, 1.165) is 26.6 Å². The van der Waals surface area contributed by atoms with Gasteiger partial charge in [0, 0.05) is 24.7 Å². The van der Waals surface area contributed by atoms with Crippen molar-refractivity contribution in [2.45, 2.75) is 4.90 Å². The van der Waals surface area contributed by atoms with Gasteiger partial charge in [0.2, 0.25) is 10.0 Å². The van der Waals surface area contributed by atoms with E-state index in [1.165, 1.54) is 14.1 Å². The minimum atomic E-state index is -3.52. The van der Waals surface area contributed by atoms with E-state index >= 15 is 0 Å². The summed E-state index contributed by atoms with van der Waals surface area (Å²) in [5, 5.41) is 0.613. The SMILES string of the molecule is CN(C)S(=O)(=O)c1ccc(-c2cc(C(=O)NN)cc(-c3ccc(Cl)cc3)c2)cc1. The van der Waals surface area contributed by atoms with Crippen LogP contribution < -0.4 is 11.3 Å². The molecular formula is C21H20ClN3O3S. The molecule has 0 unspecified atom stereocenters. The van der Waals surface area contributed by atoms with Gasteiger partial charge in [-0.05, 0) is 64.7 Å². The highest BCUT2D eigenvalue weighted by molar-refractivity contribution is 7.89. The number of rotatable bonds is 5. The van der Waals surface area contributed by atoms with Gasteiger partial charge in [0.1, 0.15) is 0 Å². The third-order valence-corrected chi connectivity index (χ3v) is 6.55. The second kappa shape index (κ2) is 8.34. The first kappa shape index (κ1) is 21.0. The molecule has 0 radical (unpaired) electrons. The number of carbonyl (C=O) groups is 1. The molecule has 0 aliphatic rings. The number of hydrogen-bond acceptors (Lipinski definition) is 4. The van der Waals surface area contributed by atoms with E-state index in [4.69, 9.17) is 17.4 Å². The molecule has 6 nitrogen and oxygen atoms in total. The molecule has 29 heavy (non-hydrogen) atoms. The van der Waals surface area contributed by atoms with Gasteiger partial charge in [-0.3, -0.25) is 10.2 Å². The van der Waals surface area contributed by atoms with Crippen molar-refractivity contribution in [1.29, 1.82) is 0 Å². The number of sulfonamides is 1. The summed E-state index contributed by atoms with van der Waals surface area (Å²) in [4.78, 5) is 12.3. The van der Waals surface area contributed by atoms with E-state index in [1.54, 1.807) is 48.5 Å². The number of nitrogens with one attached hydrogen (secondary N) is 1. The predicted molar refractivity (Wildman–Crippen MR) is 115 cm³/mol. The highest BCUT2D eigenvalue weighted by Crippen LogP contribution is 2.30. The van der Waals surface area contributed by atoms with Crippen molar-refractivity contribution in [3.63, 3.8) is 0 Å². The smallest absolute Gasteiger partial charge is 0.265 e. The lowest BCUT2D eigenvalue weighted by Gasteiger charge is -2.13. The van der Waals surface area contributed by atoms with Crippen LogP contribution in [0.5, 0.6) is 0 Å². The summed E-state index contributed by atoms with van der Waals surface area (Å²) >= 11 is 5.97. The predicted octanol–water partition coefficient (Wildman–Crippen LogP) is 3.53. The molecule has 3 aromatic carbocycles. The number of benzene rings is 3. The minimum absolute atomic E-state index is 0.194. The van der Waals surface area contributed by atoms with E-state index in [1.807, 2.05) is 18.2 Å². The molecule has 0 bridgehead atoms. The fourth-order valence-electron chi connectivity index (χ4n) is 2.85. The van der Waals surface area contributed by atoms with Crippen LogP contribution in [0.2, 0.25) is 5.02 Å². The summed E-state index contributed by atoms with van der Waals surface area (Å²) < 4.78 is 25.7. The summed E-state index contributed by atoms with van der Waals surface area (Å²) in [5.74, 6) is 4.89. The van der Waals surface area contributed by atoms with Crippen LogP contribution in [0.25, 0.3) is 22.3 Å². The number of carbonyl (C=O) groups excluding carboxylic acids is 1. The van der Waals surface area contributed by atoms with Crippen LogP contribution >= 0.6 is 11.6 Å². The van der Waals surface area contributed by atoms with Gasteiger partial charge in [0.05, 0.1) is 4.90 Å². The van der Waals surface area contributed by atoms with E-state index in [-0.39, 0.29) is 4.90 Å². The molecule has 0 fully saturated rings. The maximum atomic E-state index is 12.3. The summed E-state index contributed by atoms with van der Waals surface area (Å²) in [7, 11) is -0.551. The third-order valence-electron chi connectivity index (χ3n) is 4.47. The van der Waals surface area contributed by atoms with Crippen LogP contribution in [0, 0.1) is 0 Å². The fraction of sp³-hybridized carbons (Fsp3) is 0.0952. The molecule has 0 atom stereocenters. The number of hydrogen-bond donors (Lipinski definition) is 2. The van der Waals surface area contributed by atoms with Crippen LogP contribution in [0.3, 0.4) is 0 Å². The van der Waals surface area contributed by atoms with Gasteiger partial charge in [0.15, 0.2) is 0 Å². The maximum Gasteiger partial charge on any atom is 0.265 e. The Morgan fingerprint density at radius 3 is 1.79 bits per heavy atom. The first-order chi connectivity index (χ1) is 13.7. The number of amides is 1. The van der Waals surface area contributed by atoms with Crippen LogP contribution in [0.1, 0.15) is 10.4 Å². The molecule has 0 saturated heterocycles. The van der Waals surface area contributed by atoms with Crippen LogP contribution in [-0.2, 0) is 10.0 Å². The molecule has 0 aromatic heterocycles. The maximum absolute atomic E-state index is 12.3. The Labute approximate surface area is 174 Å². The van der Waals surface area contributed by atoms with Gasteiger partial charge in [-0.25, -0.2) is 18.6 Å². The minimum Gasteiger partial charge on any atom is -0.290 e. The van der Waals surface area contributed by atoms with E-state index in [2.05, 4.69) is 5.43 Å². The number of nitrogen functional groups attached to an aromatic ring is 1. The van der Waals surface area contributed by atoms with Gasteiger partial charge in [-0.1, -0.05) is 35.9 Å². The first-order valence-corrected chi connectivity index (χ1v) is 10.5. The zero-order valence-corrected chi connectivity index (χ0v) is 17.5. The van der Waals surface area contributed by atoms with Gasteiger partial charge in [-0.15, -0.1) is 0 Å². The van der Waals surface area contributed by atoms with Crippen molar-refractivity contribution in [2.24, 2.45) is 5.84 Å². The quantitative estimate of drug-likeness (QED) is 0.368. The molecule has 3 N–H and O–H groups in total. The second-order valence-electron chi connectivity index (χ2n) is 6.59. The largest absolute Gasteiger partial charge is 0.290 e. The number of nitrogens with zero attached hydrogens (tertiary/aromatic N) is 1. The average molecular weight is 430 g/mol. The summed E-state index contributed by atoms with van der Waals surface area (Å²) in [5.41, 5.74) is 5.75. The number of hydrazine groups is 1. The van der Waals surface area contributed by atoms with Crippen molar-refractivity contribution in [1.82, 2.24) is 9.73 Å². The standard InChI is InChI=1S/C21H20ClN3O3S/c1-25(2)29(27,28)20-9-5-15(6-10-20)17-11-16(12-18(13-17)21(26)24-23)14-3-7-19(22)8-4-14/h3-13H,23H2,1-2H3,(H,24,26). The van der Waals surface area contributed by atoms with Crippen LogP contribution in [-0.4, -0.2) is 32.7 Å². The van der Waals surface area contributed by atoms with Crippen molar-refractivity contribution >= 4 is 27.5 Å². The molecule has 8 heteroatoms. The van der Waals surface area contributed by atoms with Gasteiger partial charge >= 0.3 is 0 Å². The van der Waals surface area contributed by atoms with Crippen molar-refractivity contribution in [3.8, 4) is 22.3 Å². The molecular weight excluding hydrogens is 410 g/mol. The Hall–Kier alpha value is -2.71. The van der Waals surface area contributed by atoms with E-state index in [9.17, 15) is 13.2 Å². The van der Waals surface area contributed by atoms with Crippen molar-refractivity contribution in [2.75, 3.05) is 14.1 Å². The van der Waals surface area contributed by atoms with Crippen molar-refractivity contribution < 1.29 is 13.2 Å². The zero-order chi connectivity index (χ0) is 21.2. The summed E-state index contributed by atoms with van der Waals surface area (Å²) in [6.45, 7) is 0. The topological polar surface area (TPSA) is 92.5 Å². The average Bonchev–Trinajstić information content (AvgIpc) is 2.73. The Morgan fingerprint density at radius 2 is 1.34 bits per heavy atom. The normalized spacial score (nSPS) is 11.5. The lowest BCUT2D eigenvalue weighted by Crippen LogP contribution is -2.30. The highest BCUT2D eigenvalue weighted by Gasteiger charge is 2.17. The molecule has 1 amide bonds. The third kappa shape index (κ3) is 4.49. The zero-order valence-electron chi connectivity index (χ0n) is 15.9. The lowest BCUT2D eigenvalue weighted by molar-refractivity contribution is 0.0953. The molecule has 150 valence electrons. The Balaban J connectivity index is 2.10. The number of nitrogens with two attached hydrogens (primary N) is 1. The molecule has 0 aliphatic carbocycles.